The first-order valence-electron chi connectivity index (χ1n) is 8.45. The average molecular weight is 327 g/mol. The van der Waals surface area contributed by atoms with Crippen molar-refractivity contribution in [2.24, 2.45) is 0 Å². The van der Waals surface area contributed by atoms with Crippen LogP contribution < -0.4 is 9.47 Å². The van der Waals surface area contributed by atoms with Gasteiger partial charge >= 0.3 is 0 Å². The summed E-state index contributed by atoms with van der Waals surface area (Å²) >= 11 is 0. The Kier molecular flexibility index (Phi) is 4.11. The fourth-order valence-corrected chi connectivity index (χ4v) is 3.47. The summed E-state index contributed by atoms with van der Waals surface area (Å²) in [6.07, 6.45) is 7.10. The molecule has 3 heterocycles. The molecule has 2 aliphatic rings. The number of hydrogen-bond acceptors (Lipinski definition) is 4. The lowest BCUT2D eigenvalue weighted by molar-refractivity contribution is -0.132. The molecule has 1 saturated heterocycles. The van der Waals surface area contributed by atoms with E-state index in [1.165, 1.54) is 0 Å². The van der Waals surface area contributed by atoms with Crippen molar-refractivity contribution >= 4 is 5.91 Å². The molecule has 2 aliphatic heterocycles. The molecular weight excluding hydrogens is 306 g/mol. The van der Waals surface area contributed by atoms with E-state index < -0.39 is 0 Å². The SMILES string of the molecule is O=C(CCc1ccc2c(c1)OCO2)N1CCCC1Cn1cccn1. The van der Waals surface area contributed by atoms with E-state index >= 15 is 0 Å². The quantitative estimate of drug-likeness (QED) is 0.845. The van der Waals surface area contributed by atoms with Crippen molar-refractivity contribution < 1.29 is 14.3 Å². The molecule has 4 rings (SSSR count). The van der Waals surface area contributed by atoms with Crippen LogP contribution in [0.4, 0.5) is 0 Å². The molecule has 6 heteroatoms. The number of ether oxygens (including phenoxy) is 2. The second-order valence-electron chi connectivity index (χ2n) is 6.30. The summed E-state index contributed by atoms with van der Waals surface area (Å²) in [6.45, 7) is 1.91. The Hall–Kier alpha value is -2.50. The number of aromatic nitrogens is 2. The Morgan fingerprint density at radius 2 is 2.21 bits per heavy atom. The normalized spacial score (nSPS) is 19.0. The van der Waals surface area contributed by atoms with Crippen LogP contribution in [0, 0.1) is 0 Å². The first-order valence-corrected chi connectivity index (χ1v) is 8.45. The van der Waals surface area contributed by atoms with Crippen LogP contribution in [0.25, 0.3) is 0 Å². The van der Waals surface area contributed by atoms with Gasteiger partial charge in [0, 0.05) is 25.4 Å². The standard InChI is InChI=1S/C18H21N3O3/c22-18(7-5-14-4-6-16-17(11-14)24-13-23-16)21-10-1-3-15(21)12-20-9-2-8-19-20/h2,4,6,8-9,11,15H,1,3,5,7,10,12-13H2. The minimum Gasteiger partial charge on any atom is -0.454 e. The molecular formula is C18H21N3O3. The van der Waals surface area contributed by atoms with Gasteiger partial charge in [-0.3, -0.25) is 9.48 Å². The average Bonchev–Trinajstić information content (AvgIpc) is 3.34. The zero-order valence-electron chi connectivity index (χ0n) is 13.6. The number of nitrogens with zero attached hydrogens (tertiary/aromatic N) is 3. The van der Waals surface area contributed by atoms with E-state index in [9.17, 15) is 4.79 Å². The van der Waals surface area contributed by atoms with E-state index in [-0.39, 0.29) is 18.7 Å². The highest BCUT2D eigenvalue weighted by atomic mass is 16.7. The first-order chi connectivity index (χ1) is 11.8. The number of aryl methyl sites for hydroxylation is 1. The number of likely N-dealkylation sites (tertiary alicyclic amines) is 1. The maximum atomic E-state index is 12.6. The molecule has 6 nitrogen and oxygen atoms in total. The van der Waals surface area contributed by atoms with Crippen LogP contribution in [-0.2, 0) is 17.8 Å². The summed E-state index contributed by atoms with van der Waals surface area (Å²) in [6, 6.07) is 8.07. The Morgan fingerprint density at radius 3 is 3.08 bits per heavy atom. The van der Waals surface area contributed by atoms with Crippen molar-refractivity contribution in [2.75, 3.05) is 13.3 Å². The van der Waals surface area contributed by atoms with E-state index in [2.05, 4.69) is 5.10 Å². The third kappa shape index (κ3) is 3.09. The number of rotatable bonds is 5. The van der Waals surface area contributed by atoms with Crippen molar-refractivity contribution in [1.29, 1.82) is 0 Å². The van der Waals surface area contributed by atoms with Gasteiger partial charge in [0.1, 0.15) is 0 Å². The van der Waals surface area contributed by atoms with E-state index in [0.29, 0.717) is 6.42 Å². The van der Waals surface area contributed by atoms with E-state index in [1.54, 1.807) is 6.20 Å². The maximum Gasteiger partial charge on any atom is 0.231 e. The van der Waals surface area contributed by atoms with E-state index in [1.807, 2.05) is 40.0 Å². The minimum absolute atomic E-state index is 0.224. The zero-order valence-corrected chi connectivity index (χ0v) is 13.6. The summed E-state index contributed by atoms with van der Waals surface area (Å²) < 4.78 is 12.6. The van der Waals surface area contributed by atoms with Crippen LogP contribution in [0.15, 0.2) is 36.7 Å². The molecule has 1 fully saturated rings. The molecule has 1 aromatic carbocycles. The summed E-state index contributed by atoms with van der Waals surface area (Å²) in [5.41, 5.74) is 1.11. The highest BCUT2D eigenvalue weighted by Crippen LogP contribution is 2.33. The second-order valence-corrected chi connectivity index (χ2v) is 6.30. The van der Waals surface area contributed by atoms with Gasteiger partial charge in [-0.1, -0.05) is 6.07 Å². The van der Waals surface area contributed by atoms with Gasteiger partial charge < -0.3 is 14.4 Å². The summed E-state index contributed by atoms with van der Waals surface area (Å²) in [5, 5.41) is 4.25. The molecule has 0 saturated carbocycles. The molecule has 1 amide bonds. The van der Waals surface area contributed by atoms with Crippen molar-refractivity contribution in [3.05, 3.63) is 42.2 Å². The van der Waals surface area contributed by atoms with Crippen molar-refractivity contribution in [3.63, 3.8) is 0 Å². The molecule has 0 N–H and O–H groups in total. The Morgan fingerprint density at radius 1 is 1.29 bits per heavy atom. The molecule has 126 valence electrons. The molecule has 24 heavy (non-hydrogen) atoms. The predicted octanol–water partition coefficient (Wildman–Crippen LogP) is 2.24. The van der Waals surface area contributed by atoms with Gasteiger partial charge in [0.05, 0.1) is 12.6 Å². The lowest BCUT2D eigenvalue weighted by Gasteiger charge is -2.24. The van der Waals surface area contributed by atoms with Crippen LogP contribution in [-0.4, -0.2) is 40.0 Å². The molecule has 1 aromatic heterocycles. The smallest absolute Gasteiger partial charge is 0.231 e. The highest BCUT2D eigenvalue weighted by Gasteiger charge is 2.28. The van der Waals surface area contributed by atoms with E-state index in [0.717, 1.165) is 49.4 Å². The van der Waals surface area contributed by atoms with Crippen molar-refractivity contribution in [2.45, 2.75) is 38.3 Å². The number of carbonyl (C=O) groups excluding carboxylic acids is 1. The van der Waals surface area contributed by atoms with Crippen molar-refractivity contribution in [1.82, 2.24) is 14.7 Å². The Balaban J connectivity index is 1.35. The molecule has 1 atom stereocenters. The number of hydrogen-bond donors (Lipinski definition) is 0. The summed E-state index contributed by atoms with van der Waals surface area (Å²) in [7, 11) is 0. The number of carbonyl (C=O) groups is 1. The Labute approximate surface area is 141 Å². The topological polar surface area (TPSA) is 56.6 Å². The second kappa shape index (κ2) is 6.55. The molecule has 2 aromatic rings. The van der Waals surface area contributed by atoms with Crippen LogP contribution in [0.1, 0.15) is 24.8 Å². The van der Waals surface area contributed by atoms with E-state index in [4.69, 9.17) is 9.47 Å². The highest BCUT2D eigenvalue weighted by molar-refractivity contribution is 5.77. The molecule has 1 unspecified atom stereocenters. The van der Waals surface area contributed by atoms with Gasteiger partial charge in [-0.05, 0) is 43.0 Å². The fraction of sp³-hybridized carbons (Fsp3) is 0.444. The Bertz CT molecular complexity index is 714. The molecule has 0 aliphatic carbocycles. The lowest BCUT2D eigenvalue weighted by atomic mass is 10.1. The van der Waals surface area contributed by atoms with Gasteiger partial charge in [-0.2, -0.15) is 5.10 Å². The third-order valence-corrected chi connectivity index (χ3v) is 4.72. The zero-order chi connectivity index (χ0) is 16.4. The van der Waals surface area contributed by atoms with Gasteiger partial charge in [-0.25, -0.2) is 0 Å². The van der Waals surface area contributed by atoms with Crippen LogP contribution >= 0.6 is 0 Å². The fourth-order valence-electron chi connectivity index (χ4n) is 3.47. The van der Waals surface area contributed by atoms with Gasteiger partial charge in [-0.15, -0.1) is 0 Å². The molecule has 0 spiro atoms. The molecule has 0 radical (unpaired) electrons. The first kappa shape index (κ1) is 15.1. The van der Waals surface area contributed by atoms with Gasteiger partial charge in [0.25, 0.3) is 0 Å². The minimum atomic E-state index is 0.224. The number of fused-ring (bicyclic) bond motifs is 1. The number of benzene rings is 1. The lowest BCUT2D eigenvalue weighted by Crippen LogP contribution is -2.38. The van der Waals surface area contributed by atoms with Crippen LogP contribution in [0.2, 0.25) is 0 Å². The summed E-state index contributed by atoms with van der Waals surface area (Å²) in [5.74, 6) is 1.78. The van der Waals surface area contributed by atoms with Gasteiger partial charge in [0.2, 0.25) is 12.7 Å². The number of amides is 1. The monoisotopic (exact) mass is 327 g/mol. The predicted molar refractivity (Wildman–Crippen MR) is 87.8 cm³/mol. The van der Waals surface area contributed by atoms with Crippen LogP contribution in [0.5, 0.6) is 11.5 Å². The summed E-state index contributed by atoms with van der Waals surface area (Å²) in [4.78, 5) is 14.7. The van der Waals surface area contributed by atoms with Crippen LogP contribution in [0.3, 0.4) is 0 Å². The third-order valence-electron chi connectivity index (χ3n) is 4.72. The van der Waals surface area contributed by atoms with Gasteiger partial charge in [0.15, 0.2) is 11.5 Å². The maximum absolute atomic E-state index is 12.6. The molecule has 0 bridgehead atoms. The van der Waals surface area contributed by atoms with Crippen molar-refractivity contribution in [3.8, 4) is 11.5 Å². The largest absolute Gasteiger partial charge is 0.454 e.